The Morgan fingerprint density at radius 3 is 2.54 bits per heavy atom. The monoisotopic (exact) mass is 289 g/mol. The van der Waals surface area contributed by atoms with Gasteiger partial charge in [0.15, 0.2) is 0 Å². The number of aryl methyl sites for hydroxylation is 1. The van der Waals surface area contributed by atoms with E-state index in [-0.39, 0.29) is 6.61 Å². The van der Waals surface area contributed by atoms with Gasteiger partial charge in [0.2, 0.25) is 0 Å². The number of halogens is 1. The van der Waals surface area contributed by atoms with E-state index < -0.39 is 0 Å². The summed E-state index contributed by atoms with van der Waals surface area (Å²) in [5.41, 5.74) is 1.41. The first-order valence-corrected chi connectivity index (χ1v) is 5.74. The lowest BCUT2D eigenvalue weighted by Crippen LogP contribution is -1.90. The van der Waals surface area contributed by atoms with Crippen LogP contribution >= 0.6 is 22.6 Å². The number of benzene rings is 1. The summed E-state index contributed by atoms with van der Waals surface area (Å²) in [6.07, 6.45) is 4.14. The van der Waals surface area contributed by atoms with Crippen LogP contribution in [0.3, 0.4) is 0 Å². The van der Waals surface area contributed by atoms with Crippen LogP contribution in [0.5, 0.6) is 0 Å². The maximum absolute atomic E-state index is 10.2. The van der Waals surface area contributed by atoms with Crippen LogP contribution in [-0.4, -0.2) is 6.61 Å². The van der Waals surface area contributed by atoms with Crippen LogP contribution in [0.2, 0.25) is 0 Å². The maximum Gasteiger partial charge on any atom is 0.0822 e. The molecule has 1 radical (unpaired) electrons. The van der Waals surface area contributed by atoms with Crippen molar-refractivity contribution in [3.05, 3.63) is 33.4 Å². The molecule has 0 aliphatic rings. The average Bonchev–Trinajstić information content (AvgIpc) is 2.15. The molecule has 0 atom stereocenters. The first-order valence-electron chi connectivity index (χ1n) is 4.66. The van der Waals surface area contributed by atoms with Crippen molar-refractivity contribution in [3.63, 3.8) is 0 Å². The van der Waals surface area contributed by atoms with Gasteiger partial charge in [-0.05, 0) is 53.5 Å². The molecule has 0 heterocycles. The fraction of sp³-hybridized carbons (Fsp3) is 0.455. The van der Waals surface area contributed by atoms with E-state index in [1.807, 2.05) is 0 Å². The van der Waals surface area contributed by atoms with Gasteiger partial charge in [-0.1, -0.05) is 24.6 Å². The quantitative estimate of drug-likeness (QED) is 0.584. The molecule has 0 aliphatic carbocycles. The number of hydrogen-bond donors (Lipinski definition) is 0. The highest BCUT2D eigenvalue weighted by Crippen LogP contribution is 2.14. The number of unbranched alkanes of at least 4 members (excludes halogenated alkanes) is 2. The highest BCUT2D eigenvalue weighted by molar-refractivity contribution is 14.1. The van der Waals surface area contributed by atoms with E-state index in [2.05, 4.69) is 46.9 Å². The third-order valence-corrected chi connectivity index (χ3v) is 3.10. The van der Waals surface area contributed by atoms with Crippen LogP contribution in [0.1, 0.15) is 24.8 Å². The third kappa shape index (κ3) is 4.09. The van der Waals surface area contributed by atoms with Gasteiger partial charge in [0.1, 0.15) is 0 Å². The van der Waals surface area contributed by atoms with Gasteiger partial charge in [-0.3, -0.25) is 0 Å². The van der Waals surface area contributed by atoms with Crippen molar-refractivity contribution in [2.45, 2.75) is 25.7 Å². The molecule has 2 heteroatoms. The molecule has 0 spiro atoms. The minimum absolute atomic E-state index is 0.0753. The second-order valence-corrected chi connectivity index (χ2v) is 4.27. The minimum Gasteiger partial charge on any atom is -0.237 e. The lowest BCUT2D eigenvalue weighted by molar-refractivity contribution is 0.186. The van der Waals surface area contributed by atoms with Gasteiger partial charge in [0, 0.05) is 3.57 Å². The van der Waals surface area contributed by atoms with Gasteiger partial charge in [-0.25, -0.2) is 5.11 Å². The molecule has 1 rings (SSSR count). The van der Waals surface area contributed by atoms with E-state index in [0.29, 0.717) is 0 Å². The molecule has 0 unspecified atom stereocenters. The van der Waals surface area contributed by atoms with E-state index in [9.17, 15) is 5.11 Å². The van der Waals surface area contributed by atoms with Crippen molar-refractivity contribution in [2.75, 3.05) is 6.61 Å². The highest BCUT2D eigenvalue weighted by atomic mass is 127. The second kappa shape index (κ2) is 6.38. The van der Waals surface area contributed by atoms with Gasteiger partial charge in [0.05, 0.1) is 6.61 Å². The minimum atomic E-state index is 0.0753. The molecule has 0 bridgehead atoms. The first kappa shape index (κ1) is 11.0. The van der Waals surface area contributed by atoms with E-state index >= 15 is 0 Å². The Kier molecular flexibility index (Phi) is 5.39. The zero-order valence-electron chi connectivity index (χ0n) is 7.63. The van der Waals surface area contributed by atoms with Crippen molar-refractivity contribution in [3.8, 4) is 0 Å². The zero-order valence-corrected chi connectivity index (χ0v) is 9.79. The van der Waals surface area contributed by atoms with Crippen LogP contribution in [0.25, 0.3) is 0 Å². The second-order valence-electron chi connectivity index (χ2n) is 3.11. The van der Waals surface area contributed by atoms with Crippen molar-refractivity contribution >= 4 is 22.6 Å². The SMILES string of the molecule is [O]CCCCCc1ccccc1I. The molecule has 0 amide bonds. The summed E-state index contributed by atoms with van der Waals surface area (Å²) in [7, 11) is 0. The number of hydrogen-bond acceptors (Lipinski definition) is 0. The molecular formula is C11H14IO. The summed E-state index contributed by atoms with van der Waals surface area (Å²) in [6, 6.07) is 8.43. The topological polar surface area (TPSA) is 19.9 Å². The maximum atomic E-state index is 10.2. The summed E-state index contributed by atoms with van der Waals surface area (Å²) in [6.45, 7) is 0.0753. The fourth-order valence-electron chi connectivity index (χ4n) is 1.30. The predicted molar refractivity (Wildman–Crippen MR) is 62.3 cm³/mol. The van der Waals surface area contributed by atoms with Crippen LogP contribution in [0.15, 0.2) is 24.3 Å². The van der Waals surface area contributed by atoms with Crippen LogP contribution in [0.4, 0.5) is 0 Å². The van der Waals surface area contributed by atoms with Gasteiger partial charge >= 0.3 is 0 Å². The van der Waals surface area contributed by atoms with E-state index in [1.54, 1.807) is 0 Å². The molecule has 1 aromatic rings. The first-order chi connectivity index (χ1) is 6.34. The molecule has 0 saturated carbocycles. The lowest BCUT2D eigenvalue weighted by atomic mass is 10.1. The van der Waals surface area contributed by atoms with Crippen LogP contribution in [-0.2, 0) is 11.5 Å². The molecule has 0 aromatic heterocycles. The molecular weight excluding hydrogens is 275 g/mol. The van der Waals surface area contributed by atoms with Gasteiger partial charge < -0.3 is 0 Å². The summed E-state index contributed by atoms with van der Waals surface area (Å²) < 4.78 is 1.34. The van der Waals surface area contributed by atoms with Crippen molar-refractivity contribution in [1.29, 1.82) is 0 Å². The lowest BCUT2D eigenvalue weighted by Gasteiger charge is -2.02. The zero-order chi connectivity index (χ0) is 9.52. The van der Waals surface area contributed by atoms with Crippen LogP contribution in [0, 0.1) is 3.57 Å². The van der Waals surface area contributed by atoms with Crippen molar-refractivity contribution < 1.29 is 5.11 Å². The fourth-order valence-corrected chi connectivity index (χ4v) is 1.95. The molecule has 0 aliphatic heterocycles. The summed E-state index contributed by atoms with van der Waals surface area (Å²) in [5, 5.41) is 10.2. The molecule has 0 fully saturated rings. The Hall–Kier alpha value is -0.0900. The predicted octanol–water partition coefficient (Wildman–Crippen LogP) is 3.43. The molecule has 1 nitrogen and oxygen atoms in total. The standard InChI is InChI=1S/C11H14IO/c12-11-8-4-3-7-10(11)6-2-1-5-9-13/h3-4,7-8H,1-2,5-6,9H2. The van der Waals surface area contributed by atoms with E-state index in [0.717, 1.165) is 25.7 Å². The molecule has 0 saturated heterocycles. The third-order valence-electron chi connectivity index (χ3n) is 2.05. The summed E-state index contributed by atoms with van der Waals surface area (Å²) in [5.74, 6) is 0. The number of rotatable bonds is 5. The Morgan fingerprint density at radius 1 is 1.08 bits per heavy atom. The van der Waals surface area contributed by atoms with Crippen molar-refractivity contribution in [1.82, 2.24) is 0 Å². The Labute approximate surface area is 93.3 Å². The van der Waals surface area contributed by atoms with E-state index in [4.69, 9.17) is 0 Å². The Morgan fingerprint density at radius 2 is 1.85 bits per heavy atom. The largest absolute Gasteiger partial charge is 0.237 e. The van der Waals surface area contributed by atoms with Gasteiger partial charge in [-0.2, -0.15) is 0 Å². The van der Waals surface area contributed by atoms with Gasteiger partial charge in [0.25, 0.3) is 0 Å². The normalized spacial score (nSPS) is 10.3. The average molecular weight is 289 g/mol. The summed E-state index contributed by atoms with van der Waals surface area (Å²) in [4.78, 5) is 0. The highest BCUT2D eigenvalue weighted by Gasteiger charge is 1.97. The molecule has 1 aromatic carbocycles. The molecule has 0 N–H and O–H groups in total. The smallest absolute Gasteiger partial charge is 0.0822 e. The Balaban J connectivity index is 2.32. The molecule has 71 valence electrons. The Bertz CT molecular complexity index is 248. The van der Waals surface area contributed by atoms with E-state index in [1.165, 1.54) is 9.13 Å². The van der Waals surface area contributed by atoms with Crippen molar-refractivity contribution in [2.24, 2.45) is 0 Å². The van der Waals surface area contributed by atoms with Crippen LogP contribution < -0.4 is 0 Å². The van der Waals surface area contributed by atoms with Gasteiger partial charge in [-0.15, -0.1) is 0 Å². The molecule has 13 heavy (non-hydrogen) atoms. The summed E-state index contributed by atoms with van der Waals surface area (Å²) >= 11 is 2.36.